The number of aliphatic hydroxyl groups excluding tert-OH is 2. The number of nitrogens with zero attached hydrogens (tertiary/aromatic N) is 1. The van der Waals surface area contributed by atoms with E-state index in [4.69, 9.17) is 4.74 Å². The van der Waals surface area contributed by atoms with E-state index in [1.165, 1.54) is 19.2 Å². The van der Waals surface area contributed by atoms with Crippen molar-refractivity contribution < 1.29 is 24.1 Å². The van der Waals surface area contributed by atoms with Gasteiger partial charge >= 0.3 is 0 Å². The summed E-state index contributed by atoms with van der Waals surface area (Å²) in [5, 5.41) is 26.3. The molecule has 0 bridgehead atoms. The highest BCUT2D eigenvalue weighted by atomic mass is 19.1. The van der Waals surface area contributed by atoms with Crippen LogP contribution < -0.4 is 15.4 Å². The van der Waals surface area contributed by atoms with Gasteiger partial charge in [-0.05, 0) is 48.2 Å². The fourth-order valence-corrected chi connectivity index (χ4v) is 3.03. The van der Waals surface area contributed by atoms with Crippen LogP contribution in [0.25, 0.3) is 10.8 Å². The normalized spacial score (nSPS) is 13.0. The summed E-state index contributed by atoms with van der Waals surface area (Å²) in [5.41, 5.74) is 0.820. The van der Waals surface area contributed by atoms with Crippen molar-refractivity contribution in [1.82, 2.24) is 10.3 Å². The zero-order chi connectivity index (χ0) is 21.7. The Labute approximate surface area is 173 Å². The monoisotopic (exact) mass is 413 g/mol. The second-order valence-electron chi connectivity index (χ2n) is 6.96. The molecular weight excluding hydrogens is 389 g/mol. The Morgan fingerprint density at radius 3 is 2.60 bits per heavy atom. The lowest BCUT2D eigenvalue weighted by molar-refractivity contribution is 0.0916. The molecule has 30 heavy (non-hydrogen) atoms. The van der Waals surface area contributed by atoms with Crippen molar-refractivity contribution in [3.05, 3.63) is 65.6 Å². The van der Waals surface area contributed by atoms with Crippen LogP contribution in [0.4, 0.5) is 10.2 Å². The molecule has 0 aliphatic rings. The van der Waals surface area contributed by atoms with Crippen LogP contribution in [-0.2, 0) is 0 Å². The summed E-state index contributed by atoms with van der Waals surface area (Å²) in [6, 6.07) is 10.3. The third-order valence-corrected chi connectivity index (χ3v) is 4.72. The van der Waals surface area contributed by atoms with Crippen LogP contribution in [0.2, 0.25) is 0 Å². The van der Waals surface area contributed by atoms with E-state index < -0.39 is 17.8 Å². The fourth-order valence-electron chi connectivity index (χ4n) is 3.03. The Bertz CT molecular complexity index is 1040. The number of benzene rings is 2. The number of anilines is 1. The highest BCUT2D eigenvalue weighted by molar-refractivity contribution is 5.99. The van der Waals surface area contributed by atoms with Gasteiger partial charge in [-0.3, -0.25) is 4.79 Å². The van der Waals surface area contributed by atoms with Gasteiger partial charge in [-0.25, -0.2) is 9.37 Å². The van der Waals surface area contributed by atoms with Crippen LogP contribution in [0.3, 0.4) is 0 Å². The number of amides is 1. The largest absolute Gasteiger partial charge is 0.494 e. The van der Waals surface area contributed by atoms with E-state index >= 15 is 0 Å². The number of aromatic nitrogens is 1. The predicted octanol–water partition coefficient (Wildman–Crippen LogP) is 2.64. The number of hydrogen-bond acceptors (Lipinski definition) is 6. The molecule has 1 amide bonds. The Morgan fingerprint density at radius 2 is 1.93 bits per heavy atom. The molecule has 158 valence electrons. The number of methoxy groups -OCH3 is 1. The lowest BCUT2D eigenvalue weighted by atomic mass is 10.0. The number of pyridine rings is 1. The van der Waals surface area contributed by atoms with E-state index in [-0.39, 0.29) is 25.0 Å². The molecule has 7 nitrogen and oxygen atoms in total. The van der Waals surface area contributed by atoms with Crippen molar-refractivity contribution in [3.63, 3.8) is 0 Å². The van der Waals surface area contributed by atoms with Gasteiger partial charge in [-0.1, -0.05) is 12.1 Å². The summed E-state index contributed by atoms with van der Waals surface area (Å²) in [6.45, 7) is 1.41. The van der Waals surface area contributed by atoms with E-state index in [0.29, 0.717) is 16.9 Å². The molecule has 0 fully saturated rings. The molecule has 0 spiro atoms. The van der Waals surface area contributed by atoms with Gasteiger partial charge in [0.15, 0.2) is 11.6 Å². The second kappa shape index (κ2) is 9.51. The minimum absolute atomic E-state index is 0.0311. The Balaban J connectivity index is 1.81. The zero-order valence-corrected chi connectivity index (χ0v) is 16.7. The number of rotatable bonds is 8. The maximum absolute atomic E-state index is 14.0. The molecule has 8 heteroatoms. The van der Waals surface area contributed by atoms with Gasteiger partial charge in [0.25, 0.3) is 5.91 Å². The van der Waals surface area contributed by atoms with Crippen LogP contribution in [0.5, 0.6) is 5.75 Å². The molecule has 0 aliphatic heterocycles. The van der Waals surface area contributed by atoms with Gasteiger partial charge < -0.3 is 25.6 Å². The molecular formula is C22H24FN3O4. The minimum Gasteiger partial charge on any atom is -0.494 e. The van der Waals surface area contributed by atoms with Gasteiger partial charge in [0.2, 0.25) is 0 Å². The Kier molecular flexibility index (Phi) is 6.81. The van der Waals surface area contributed by atoms with E-state index in [1.54, 1.807) is 36.5 Å². The fraction of sp³-hybridized carbons (Fsp3) is 0.273. The summed E-state index contributed by atoms with van der Waals surface area (Å²) < 4.78 is 18.9. The van der Waals surface area contributed by atoms with Crippen molar-refractivity contribution in [1.29, 1.82) is 0 Å². The second-order valence-corrected chi connectivity index (χ2v) is 6.96. The van der Waals surface area contributed by atoms with Crippen LogP contribution in [0.1, 0.15) is 28.9 Å². The number of hydrogen-bond donors (Lipinski definition) is 4. The minimum atomic E-state index is -0.770. The summed E-state index contributed by atoms with van der Waals surface area (Å²) >= 11 is 0. The van der Waals surface area contributed by atoms with Crippen LogP contribution in [-0.4, -0.2) is 47.5 Å². The van der Waals surface area contributed by atoms with Crippen molar-refractivity contribution >= 4 is 22.5 Å². The van der Waals surface area contributed by atoms with Gasteiger partial charge in [0.1, 0.15) is 5.82 Å². The molecule has 3 aromatic rings. The quantitative estimate of drug-likeness (QED) is 0.453. The average Bonchev–Trinajstić information content (AvgIpc) is 2.76. The highest BCUT2D eigenvalue weighted by Gasteiger charge is 2.17. The molecule has 0 unspecified atom stereocenters. The van der Waals surface area contributed by atoms with Gasteiger partial charge in [0, 0.05) is 23.2 Å². The maximum Gasteiger partial charge on any atom is 0.251 e. The molecule has 0 radical (unpaired) electrons. The first-order valence-corrected chi connectivity index (χ1v) is 9.47. The number of ether oxygens (including phenoxy) is 1. The van der Waals surface area contributed by atoms with Crippen LogP contribution >= 0.6 is 0 Å². The van der Waals surface area contributed by atoms with Crippen LogP contribution in [0.15, 0.2) is 48.7 Å². The van der Waals surface area contributed by atoms with Crippen molar-refractivity contribution in [3.8, 4) is 5.75 Å². The van der Waals surface area contributed by atoms with E-state index in [9.17, 15) is 19.4 Å². The third kappa shape index (κ3) is 4.84. The molecule has 2 atom stereocenters. The number of halogens is 1. The highest BCUT2D eigenvalue weighted by Crippen LogP contribution is 2.23. The van der Waals surface area contributed by atoms with E-state index in [2.05, 4.69) is 15.6 Å². The van der Waals surface area contributed by atoms with E-state index in [1.807, 2.05) is 6.92 Å². The number of fused-ring (bicyclic) bond motifs is 1. The Morgan fingerprint density at radius 1 is 1.13 bits per heavy atom. The first-order valence-electron chi connectivity index (χ1n) is 9.47. The van der Waals surface area contributed by atoms with Crippen LogP contribution in [0, 0.1) is 5.82 Å². The first kappa shape index (κ1) is 21.5. The SMILES string of the molecule is COc1ccc([C@@H](CO)NC(=O)c2ccc3cnc(N[C@@H](C)CO)cc3c2)cc1F. The maximum atomic E-state index is 14.0. The molecule has 0 aliphatic carbocycles. The average molecular weight is 413 g/mol. The predicted molar refractivity (Wildman–Crippen MR) is 112 cm³/mol. The first-order chi connectivity index (χ1) is 14.4. The molecule has 0 saturated heterocycles. The summed E-state index contributed by atoms with van der Waals surface area (Å²) in [6.07, 6.45) is 1.68. The number of carbonyl (C=O) groups excluding carboxylic acids is 1. The number of carbonyl (C=O) groups is 1. The van der Waals surface area contributed by atoms with Crippen molar-refractivity contribution in [2.24, 2.45) is 0 Å². The standard InChI is InChI=1S/C22H24FN3O4/c1-13(11-27)25-21-9-17-7-15(3-4-16(17)10-24-21)22(29)26-19(12-28)14-5-6-20(30-2)18(23)8-14/h3-10,13,19,27-28H,11-12H2,1-2H3,(H,24,25)(H,26,29)/t13-,19+/m0/s1. The third-order valence-electron chi connectivity index (χ3n) is 4.72. The van der Waals surface area contributed by atoms with E-state index in [0.717, 1.165) is 10.8 Å². The smallest absolute Gasteiger partial charge is 0.251 e. The van der Waals surface area contributed by atoms with Crippen molar-refractivity contribution in [2.75, 3.05) is 25.6 Å². The molecule has 3 rings (SSSR count). The van der Waals surface area contributed by atoms with Crippen molar-refractivity contribution in [2.45, 2.75) is 19.0 Å². The molecule has 0 saturated carbocycles. The number of aliphatic hydroxyl groups is 2. The molecule has 1 aromatic heterocycles. The lowest BCUT2D eigenvalue weighted by Gasteiger charge is -2.18. The molecule has 1 heterocycles. The van der Waals surface area contributed by atoms with Gasteiger partial charge in [-0.2, -0.15) is 0 Å². The molecule has 2 aromatic carbocycles. The zero-order valence-electron chi connectivity index (χ0n) is 16.7. The summed E-state index contributed by atoms with van der Waals surface area (Å²) in [4.78, 5) is 17.0. The summed E-state index contributed by atoms with van der Waals surface area (Å²) in [5.74, 6) is -0.298. The molecule has 4 N–H and O–H groups in total. The van der Waals surface area contributed by atoms with Gasteiger partial charge in [-0.15, -0.1) is 0 Å². The number of nitrogens with one attached hydrogen (secondary N) is 2. The Hall–Kier alpha value is -3.23. The topological polar surface area (TPSA) is 104 Å². The van der Waals surface area contributed by atoms with Gasteiger partial charge in [0.05, 0.1) is 26.4 Å². The lowest BCUT2D eigenvalue weighted by Crippen LogP contribution is -2.30. The summed E-state index contributed by atoms with van der Waals surface area (Å²) in [7, 11) is 1.37.